The first-order valence-electron chi connectivity index (χ1n) is 15.6. The van der Waals surface area contributed by atoms with Crippen LogP contribution in [-0.4, -0.2) is 59.5 Å². The van der Waals surface area contributed by atoms with Crippen LogP contribution in [0.25, 0.3) is 0 Å². The highest BCUT2D eigenvalue weighted by molar-refractivity contribution is 7.49. The highest BCUT2D eigenvalue weighted by Gasteiger charge is 2.38. The van der Waals surface area contributed by atoms with Crippen molar-refractivity contribution in [3.63, 3.8) is 0 Å². The lowest BCUT2D eigenvalue weighted by atomic mass is 10.0. The number of amides is 4. The molecule has 0 aliphatic heterocycles. The second kappa shape index (κ2) is 17.7. The van der Waals surface area contributed by atoms with Crippen LogP contribution < -0.4 is 25.8 Å². The molecule has 3 atom stereocenters. The molecule has 0 unspecified atom stereocenters. The van der Waals surface area contributed by atoms with Crippen LogP contribution in [0.5, 0.6) is 5.75 Å². The van der Waals surface area contributed by atoms with Crippen molar-refractivity contribution in [1.82, 2.24) is 21.3 Å². The molecule has 0 radical (unpaired) electrons. The lowest BCUT2D eigenvalue weighted by Gasteiger charge is -2.30. The molecule has 0 aliphatic rings. The van der Waals surface area contributed by atoms with Gasteiger partial charge >= 0.3 is 7.82 Å². The zero-order valence-electron chi connectivity index (χ0n) is 28.9. The maximum atomic E-state index is 13.5. The van der Waals surface area contributed by atoms with Gasteiger partial charge in [0.15, 0.2) is 0 Å². The highest BCUT2D eigenvalue weighted by Crippen LogP contribution is 2.55. The summed E-state index contributed by atoms with van der Waals surface area (Å²) in [4.78, 5) is 50.9. The maximum Gasteiger partial charge on any atom is 0.531 e. The van der Waals surface area contributed by atoms with E-state index in [4.69, 9.17) is 13.6 Å². The van der Waals surface area contributed by atoms with Crippen LogP contribution >= 0.6 is 7.82 Å². The minimum atomic E-state index is -4.01. The number of benzene rings is 1. The summed E-state index contributed by atoms with van der Waals surface area (Å²) in [6, 6.07) is 3.75. The fourth-order valence-electron chi connectivity index (χ4n) is 4.13. The molecular weight excluding hydrogens is 599 g/mol. The van der Waals surface area contributed by atoms with Crippen LogP contribution in [0.3, 0.4) is 0 Å². The molecule has 0 saturated heterocycles. The lowest BCUT2D eigenvalue weighted by Crippen LogP contribution is -2.58. The van der Waals surface area contributed by atoms with E-state index >= 15 is 0 Å². The zero-order chi connectivity index (χ0) is 34.6. The SMILES string of the molecule is CCCCCNC(=O)[C@H](C)NC(=O)[C@@H](NC(=O)[C@H](Cc1ccc(OP(=O)(OC(C)(C)C)OC(C)(C)C)cc1)NC(C)=O)C(C)C. The van der Waals surface area contributed by atoms with Crippen LogP contribution in [-0.2, 0) is 39.2 Å². The largest absolute Gasteiger partial charge is 0.531 e. The summed E-state index contributed by atoms with van der Waals surface area (Å²) in [6.07, 6.45) is 2.98. The Morgan fingerprint density at radius 1 is 0.800 bits per heavy atom. The highest BCUT2D eigenvalue weighted by atomic mass is 31.2. The molecular formula is C32H55N4O8P. The van der Waals surface area contributed by atoms with E-state index in [2.05, 4.69) is 28.2 Å². The Bertz CT molecular complexity index is 1160. The van der Waals surface area contributed by atoms with Gasteiger partial charge < -0.3 is 25.8 Å². The van der Waals surface area contributed by atoms with E-state index in [-0.39, 0.29) is 24.0 Å². The minimum Gasteiger partial charge on any atom is -0.404 e. The number of unbranched alkanes of at least 4 members (excludes halogenated alkanes) is 2. The number of carbonyl (C=O) groups is 4. The molecule has 0 aromatic heterocycles. The van der Waals surface area contributed by atoms with Crippen molar-refractivity contribution in [3.05, 3.63) is 29.8 Å². The van der Waals surface area contributed by atoms with Crippen LogP contribution in [0.15, 0.2) is 24.3 Å². The van der Waals surface area contributed by atoms with Gasteiger partial charge in [0.2, 0.25) is 23.6 Å². The number of hydrogen-bond acceptors (Lipinski definition) is 8. The number of nitrogens with one attached hydrogen (secondary N) is 4. The Hall–Kier alpha value is -2.95. The van der Waals surface area contributed by atoms with Gasteiger partial charge in [-0.15, -0.1) is 0 Å². The van der Waals surface area contributed by atoms with Crippen molar-refractivity contribution in [1.29, 1.82) is 0 Å². The van der Waals surface area contributed by atoms with Crippen LogP contribution in [0.1, 0.15) is 101 Å². The van der Waals surface area contributed by atoms with Gasteiger partial charge in [-0.05, 0) is 78.5 Å². The quantitative estimate of drug-likeness (QED) is 0.138. The summed E-state index contributed by atoms with van der Waals surface area (Å²) >= 11 is 0. The molecule has 1 aromatic carbocycles. The van der Waals surface area contributed by atoms with Crippen molar-refractivity contribution >= 4 is 31.5 Å². The van der Waals surface area contributed by atoms with Gasteiger partial charge in [0.05, 0.1) is 11.2 Å². The van der Waals surface area contributed by atoms with Gasteiger partial charge in [0, 0.05) is 19.9 Å². The standard InChI is InChI=1S/C32H55N4O8P/c1-12-13-14-19-33-28(38)22(4)34-30(40)27(21(2)3)36-29(39)26(35-23(5)37)20-24-15-17-25(18-16-24)42-45(41,43-31(6,7)8)44-32(9,10)11/h15-18,21-22,26-27H,12-14,19-20H2,1-11H3,(H,33,38)(H,34,40)(H,35,37)(H,36,39)/t22-,26-,27-/m0/s1. The Kier molecular flexibility index (Phi) is 15.7. The molecule has 0 aliphatic carbocycles. The van der Waals surface area contributed by atoms with Crippen molar-refractivity contribution in [2.75, 3.05) is 6.54 Å². The summed E-state index contributed by atoms with van der Waals surface area (Å²) < 4.78 is 30.5. The summed E-state index contributed by atoms with van der Waals surface area (Å²) in [5, 5.41) is 10.9. The van der Waals surface area contributed by atoms with Crippen LogP contribution in [0.4, 0.5) is 0 Å². The van der Waals surface area contributed by atoms with Crippen molar-refractivity contribution in [2.45, 2.75) is 131 Å². The zero-order valence-corrected chi connectivity index (χ0v) is 29.8. The fourth-order valence-corrected chi connectivity index (χ4v) is 5.96. The number of phosphoric acid groups is 1. The Morgan fingerprint density at radius 2 is 1.36 bits per heavy atom. The van der Waals surface area contributed by atoms with E-state index in [1.165, 1.54) is 6.92 Å². The number of rotatable bonds is 17. The van der Waals surface area contributed by atoms with E-state index in [1.54, 1.807) is 86.6 Å². The van der Waals surface area contributed by atoms with Crippen molar-refractivity contribution in [2.24, 2.45) is 5.92 Å². The van der Waals surface area contributed by atoms with Crippen molar-refractivity contribution < 1.29 is 37.3 Å². The molecule has 12 nitrogen and oxygen atoms in total. The first-order chi connectivity index (χ1) is 20.6. The average molecular weight is 655 g/mol. The van der Waals surface area contributed by atoms with Crippen molar-refractivity contribution in [3.8, 4) is 5.75 Å². The third kappa shape index (κ3) is 16.3. The smallest absolute Gasteiger partial charge is 0.404 e. The molecule has 0 heterocycles. The third-order valence-corrected chi connectivity index (χ3v) is 8.10. The molecule has 4 N–H and O–H groups in total. The maximum absolute atomic E-state index is 13.5. The second-order valence-corrected chi connectivity index (χ2v) is 14.9. The molecule has 1 aromatic rings. The number of phosphoric ester groups is 1. The molecule has 0 bridgehead atoms. The van der Waals surface area contributed by atoms with E-state index in [0.29, 0.717) is 12.1 Å². The first kappa shape index (κ1) is 40.1. The Balaban J connectivity index is 3.02. The predicted octanol–water partition coefficient (Wildman–Crippen LogP) is 4.80. The summed E-state index contributed by atoms with van der Waals surface area (Å²) in [5.41, 5.74) is -0.940. The Labute approximate surface area is 269 Å². The first-order valence-corrected chi connectivity index (χ1v) is 17.1. The van der Waals surface area contributed by atoms with Crippen LogP contribution in [0.2, 0.25) is 0 Å². The molecule has 256 valence electrons. The Morgan fingerprint density at radius 3 is 1.82 bits per heavy atom. The molecule has 0 spiro atoms. The third-order valence-electron chi connectivity index (χ3n) is 6.12. The summed E-state index contributed by atoms with van der Waals surface area (Å²) in [7, 11) is -4.01. The molecule has 0 fully saturated rings. The fraction of sp³-hybridized carbons (Fsp3) is 0.688. The van der Waals surface area contributed by atoms with E-state index in [1.807, 2.05) is 0 Å². The van der Waals surface area contributed by atoms with Gasteiger partial charge in [-0.2, -0.15) is 0 Å². The summed E-state index contributed by atoms with van der Waals surface area (Å²) in [6.45, 7) is 19.5. The average Bonchev–Trinajstić information content (AvgIpc) is 2.87. The van der Waals surface area contributed by atoms with E-state index < -0.39 is 54.9 Å². The normalized spacial score (nSPS) is 14.2. The number of hydrogen-bond donors (Lipinski definition) is 4. The minimum absolute atomic E-state index is 0.101. The van der Waals surface area contributed by atoms with E-state index in [0.717, 1.165) is 19.3 Å². The van der Waals surface area contributed by atoms with Gasteiger partial charge in [-0.25, -0.2) is 4.57 Å². The van der Waals surface area contributed by atoms with Gasteiger partial charge in [-0.1, -0.05) is 45.7 Å². The van der Waals surface area contributed by atoms with E-state index in [9.17, 15) is 23.7 Å². The topological polar surface area (TPSA) is 161 Å². The number of carbonyl (C=O) groups excluding carboxylic acids is 4. The molecule has 4 amide bonds. The lowest BCUT2D eigenvalue weighted by molar-refractivity contribution is -0.134. The second-order valence-electron chi connectivity index (χ2n) is 13.5. The van der Waals surface area contributed by atoms with Gasteiger partial charge in [0.1, 0.15) is 23.9 Å². The van der Waals surface area contributed by atoms with Gasteiger partial charge in [-0.3, -0.25) is 28.2 Å². The van der Waals surface area contributed by atoms with Gasteiger partial charge in [0.25, 0.3) is 0 Å². The molecule has 1 rings (SSSR count). The predicted molar refractivity (Wildman–Crippen MR) is 175 cm³/mol. The summed E-state index contributed by atoms with van der Waals surface area (Å²) in [5.74, 6) is -1.85. The monoisotopic (exact) mass is 654 g/mol. The molecule has 13 heteroatoms. The molecule has 0 saturated carbocycles. The molecule has 45 heavy (non-hydrogen) atoms. The van der Waals surface area contributed by atoms with Crippen LogP contribution in [0, 0.1) is 5.92 Å².